The Kier molecular flexibility index (Phi) is 5.08. The van der Waals surface area contributed by atoms with Gasteiger partial charge in [0.2, 0.25) is 0 Å². The third kappa shape index (κ3) is 5.70. The Labute approximate surface area is 72.5 Å². The van der Waals surface area contributed by atoms with E-state index in [1.807, 2.05) is 0 Å². The Morgan fingerprint density at radius 3 is 2.67 bits per heavy atom. The largest absolute Gasteiger partial charge is 0.481 e. The quantitative estimate of drug-likeness (QED) is 0.330. The summed E-state index contributed by atoms with van der Waals surface area (Å²) in [5, 5.41) is 18.4. The standard InChI is InChI=1S/C8H16N2O2/c1-6(8(11)12)4-3-5-10-7(2)9/h6H,3-5H2,1-2H3,(H2,9,10)(H,11,12)/t6-/m0/s1. The highest BCUT2D eigenvalue weighted by molar-refractivity contribution is 5.75. The predicted octanol–water partition coefficient (Wildman–Crippen LogP) is 1.07. The van der Waals surface area contributed by atoms with Crippen LogP contribution in [0.1, 0.15) is 26.7 Å². The van der Waals surface area contributed by atoms with Crippen LogP contribution in [0.3, 0.4) is 0 Å². The van der Waals surface area contributed by atoms with E-state index in [0.717, 1.165) is 6.42 Å². The summed E-state index contributed by atoms with van der Waals surface area (Å²) in [7, 11) is 0. The van der Waals surface area contributed by atoms with Gasteiger partial charge in [0.15, 0.2) is 0 Å². The van der Waals surface area contributed by atoms with E-state index in [-0.39, 0.29) is 5.92 Å². The first-order valence-electron chi connectivity index (χ1n) is 4.06. The molecular formula is C8H16N2O2. The molecule has 0 radical (unpaired) electrons. The molecule has 0 saturated heterocycles. The van der Waals surface area contributed by atoms with Gasteiger partial charge in [0.25, 0.3) is 0 Å². The maximum atomic E-state index is 10.4. The van der Waals surface area contributed by atoms with Crippen LogP contribution in [-0.2, 0) is 4.79 Å². The van der Waals surface area contributed by atoms with Gasteiger partial charge in [-0.15, -0.1) is 0 Å². The molecule has 4 nitrogen and oxygen atoms in total. The first-order valence-corrected chi connectivity index (χ1v) is 4.06. The summed E-state index contributed by atoms with van der Waals surface area (Å²) >= 11 is 0. The van der Waals surface area contributed by atoms with Gasteiger partial charge in [-0.3, -0.25) is 10.2 Å². The van der Waals surface area contributed by atoms with Crippen molar-refractivity contribution < 1.29 is 9.90 Å². The summed E-state index contributed by atoms with van der Waals surface area (Å²) in [6.07, 6.45) is 1.46. The molecule has 0 aromatic rings. The highest BCUT2D eigenvalue weighted by Crippen LogP contribution is 2.03. The molecule has 12 heavy (non-hydrogen) atoms. The van der Waals surface area contributed by atoms with E-state index < -0.39 is 5.97 Å². The van der Waals surface area contributed by atoms with Gasteiger partial charge in [0.05, 0.1) is 11.8 Å². The van der Waals surface area contributed by atoms with E-state index >= 15 is 0 Å². The van der Waals surface area contributed by atoms with Crippen molar-refractivity contribution in [3.05, 3.63) is 0 Å². The van der Waals surface area contributed by atoms with Gasteiger partial charge < -0.3 is 10.4 Å². The van der Waals surface area contributed by atoms with Crippen molar-refractivity contribution >= 4 is 11.8 Å². The maximum Gasteiger partial charge on any atom is 0.306 e. The van der Waals surface area contributed by atoms with Gasteiger partial charge in [-0.05, 0) is 19.8 Å². The Morgan fingerprint density at radius 2 is 2.25 bits per heavy atom. The van der Waals surface area contributed by atoms with Gasteiger partial charge in [-0.1, -0.05) is 6.92 Å². The summed E-state index contributed by atoms with van der Waals surface area (Å²) in [4.78, 5) is 10.4. The number of hydrogen-bond donors (Lipinski definition) is 3. The first-order chi connectivity index (χ1) is 5.54. The number of carboxylic acid groups (broad SMARTS) is 1. The van der Waals surface area contributed by atoms with Crippen LogP contribution in [0.4, 0.5) is 0 Å². The van der Waals surface area contributed by atoms with Crippen molar-refractivity contribution in [2.45, 2.75) is 26.7 Å². The molecule has 0 bridgehead atoms. The average molecular weight is 172 g/mol. The number of amidine groups is 1. The molecule has 4 heteroatoms. The van der Waals surface area contributed by atoms with E-state index in [4.69, 9.17) is 10.5 Å². The fourth-order valence-corrected chi connectivity index (χ4v) is 0.808. The van der Waals surface area contributed by atoms with Crippen LogP contribution in [0, 0.1) is 11.3 Å². The number of carbonyl (C=O) groups is 1. The molecule has 0 fully saturated rings. The molecule has 0 saturated carbocycles. The van der Waals surface area contributed by atoms with Crippen LogP contribution in [0.15, 0.2) is 0 Å². The second-order valence-electron chi connectivity index (χ2n) is 2.93. The Balaban J connectivity index is 3.31. The van der Waals surface area contributed by atoms with E-state index in [9.17, 15) is 4.79 Å². The number of carboxylic acids is 1. The van der Waals surface area contributed by atoms with Crippen LogP contribution in [0.2, 0.25) is 0 Å². The highest BCUT2D eigenvalue weighted by Gasteiger charge is 2.09. The molecule has 0 aliphatic heterocycles. The minimum Gasteiger partial charge on any atom is -0.481 e. The van der Waals surface area contributed by atoms with Crippen LogP contribution in [0.25, 0.3) is 0 Å². The monoisotopic (exact) mass is 172 g/mol. The molecule has 0 amide bonds. The molecule has 0 aliphatic rings. The lowest BCUT2D eigenvalue weighted by molar-refractivity contribution is -0.141. The normalized spacial score (nSPS) is 12.2. The minimum absolute atomic E-state index is 0.280. The zero-order chi connectivity index (χ0) is 9.56. The maximum absolute atomic E-state index is 10.4. The molecule has 0 rings (SSSR count). The fraction of sp³-hybridized carbons (Fsp3) is 0.750. The van der Waals surface area contributed by atoms with E-state index in [0.29, 0.717) is 18.8 Å². The molecule has 0 aromatic heterocycles. The molecule has 1 atom stereocenters. The van der Waals surface area contributed by atoms with Gasteiger partial charge in [0, 0.05) is 6.54 Å². The summed E-state index contributed by atoms with van der Waals surface area (Å²) in [6.45, 7) is 4.05. The number of nitrogens with one attached hydrogen (secondary N) is 2. The summed E-state index contributed by atoms with van der Waals surface area (Å²) in [5.74, 6) is -0.600. The van der Waals surface area contributed by atoms with E-state index in [1.165, 1.54) is 0 Å². The molecule has 3 N–H and O–H groups in total. The van der Waals surface area contributed by atoms with Crippen LogP contribution < -0.4 is 5.32 Å². The molecule has 0 aromatic carbocycles. The second kappa shape index (κ2) is 5.57. The van der Waals surface area contributed by atoms with Crippen molar-refractivity contribution in [2.75, 3.05) is 6.54 Å². The SMILES string of the molecule is CC(=N)NCCC[C@H](C)C(=O)O. The van der Waals surface area contributed by atoms with Crippen molar-refractivity contribution in [2.24, 2.45) is 5.92 Å². The third-order valence-electron chi connectivity index (χ3n) is 1.63. The van der Waals surface area contributed by atoms with E-state index in [2.05, 4.69) is 5.32 Å². The number of aliphatic carboxylic acids is 1. The van der Waals surface area contributed by atoms with Crippen molar-refractivity contribution in [3.8, 4) is 0 Å². The lowest BCUT2D eigenvalue weighted by Crippen LogP contribution is -2.21. The number of rotatable bonds is 5. The Hall–Kier alpha value is -1.06. The molecule has 0 unspecified atom stereocenters. The zero-order valence-electron chi connectivity index (χ0n) is 7.55. The minimum atomic E-state index is -0.749. The van der Waals surface area contributed by atoms with Crippen LogP contribution >= 0.6 is 0 Å². The molecule has 70 valence electrons. The topological polar surface area (TPSA) is 73.2 Å². The summed E-state index contributed by atoms with van der Waals surface area (Å²) < 4.78 is 0. The Morgan fingerprint density at radius 1 is 1.67 bits per heavy atom. The second-order valence-corrected chi connectivity index (χ2v) is 2.93. The molecule has 0 heterocycles. The van der Waals surface area contributed by atoms with E-state index in [1.54, 1.807) is 13.8 Å². The van der Waals surface area contributed by atoms with Gasteiger partial charge in [0.1, 0.15) is 0 Å². The van der Waals surface area contributed by atoms with Gasteiger partial charge >= 0.3 is 5.97 Å². The third-order valence-corrected chi connectivity index (χ3v) is 1.63. The van der Waals surface area contributed by atoms with Crippen LogP contribution in [0.5, 0.6) is 0 Å². The van der Waals surface area contributed by atoms with Crippen molar-refractivity contribution in [3.63, 3.8) is 0 Å². The van der Waals surface area contributed by atoms with Crippen molar-refractivity contribution in [1.29, 1.82) is 5.41 Å². The molecule has 0 spiro atoms. The van der Waals surface area contributed by atoms with Crippen molar-refractivity contribution in [1.82, 2.24) is 5.32 Å². The predicted molar refractivity (Wildman–Crippen MR) is 47.4 cm³/mol. The molecular weight excluding hydrogens is 156 g/mol. The fourth-order valence-electron chi connectivity index (χ4n) is 0.808. The van der Waals surface area contributed by atoms with Gasteiger partial charge in [-0.25, -0.2) is 0 Å². The summed E-state index contributed by atoms with van der Waals surface area (Å²) in [6, 6.07) is 0. The number of hydrogen-bond acceptors (Lipinski definition) is 2. The van der Waals surface area contributed by atoms with Gasteiger partial charge in [-0.2, -0.15) is 0 Å². The summed E-state index contributed by atoms with van der Waals surface area (Å²) in [5.41, 5.74) is 0. The lowest BCUT2D eigenvalue weighted by atomic mass is 10.1. The first kappa shape index (κ1) is 10.9. The highest BCUT2D eigenvalue weighted by atomic mass is 16.4. The average Bonchev–Trinajstić information content (AvgIpc) is 1.97. The smallest absolute Gasteiger partial charge is 0.306 e. The lowest BCUT2D eigenvalue weighted by Gasteiger charge is -2.06. The zero-order valence-corrected chi connectivity index (χ0v) is 7.55. The molecule has 0 aliphatic carbocycles. The Bertz CT molecular complexity index is 168. The van der Waals surface area contributed by atoms with Crippen LogP contribution in [-0.4, -0.2) is 23.5 Å².